The van der Waals surface area contributed by atoms with Gasteiger partial charge in [-0.25, -0.2) is 0 Å². The maximum absolute atomic E-state index is 12.3. The van der Waals surface area contributed by atoms with Crippen molar-refractivity contribution in [2.75, 3.05) is 18.2 Å². The second-order valence-electron chi connectivity index (χ2n) is 5.93. The molecule has 1 aliphatic heterocycles. The van der Waals surface area contributed by atoms with Crippen molar-refractivity contribution >= 4 is 27.3 Å². The highest BCUT2D eigenvalue weighted by molar-refractivity contribution is 9.10. The van der Waals surface area contributed by atoms with E-state index in [0.717, 1.165) is 5.56 Å². The molecule has 3 rings (SSSR count). The number of benzene rings is 2. The first-order chi connectivity index (χ1) is 12.7. The molecule has 0 aliphatic carbocycles. The molecule has 6 nitrogen and oxygen atoms in total. The predicted molar refractivity (Wildman–Crippen MR) is 94.7 cm³/mol. The molecule has 0 saturated carbocycles. The highest BCUT2D eigenvalue weighted by atomic mass is 79.9. The van der Waals surface area contributed by atoms with Crippen molar-refractivity contribution < 1.29 is 27.6 Å². The molecule has 0 radical (unpaired) electrons. The van der Waals surface area contributed by atoms with E-state index in [0.29, 0.717) is 23.1 Å². The number of ether oxygens (including phenoxy) is 2. The minimum atomic E-state index is -4.74. The molecule has 0 N–H and O–H groups in total. The number of nitro groups is 1. The average Bonchev–Trinajstić information content (AvgIpc) is 3.02. The van der Waals surface area contributed by atoms with E-state index in [1.54, 1.807) is 12.1 Å². The summed E-state index contributed by atoms with van der Waals surface area (Å²) in [5, 5.41) is 10.7. The van der Waals surface area contributed by atoms with Crippen LogP contribution in [0, 0.1) is 10.1 Å². The molecule has 1 saturated heterocycles. The van der Waals surface area contributed by atoms with E-state index in [4.69, 9.17) is 4.74 Å². The lowest BCUT2D eigenvalue weighted by atomic mass is 10.1. The Hall–Kier alpha value is -2.33. The molecule has 10 heteroatoms. The number of hydrogen-bond acceptors (Lipinski definition) is 5. The highest BCUT2D eigenvalue weighted by Gasteiger charge is 2.32. The van der Waals surface area contributed by atoms with Gasteiger partial charge in [0.05, 0.1) is 16.7 Å². The van der Waals surface area contributed by atoms with E-state index in [1.165, 1.54) is 30.3 Å². The fraction of sp³-hybridized carbons (Fsp3) is 0.294. The Balaban J connectivity index is 1.63. The topological polar surface area (TPSA) is 64.8 Å². The van der Waals surface area contributed by atoms with E-state index < -0.39 is 11.3 Å². The molecule has 0 aromatic heterocycles. The van der Waals surface area contributed by atoms with Crippen LogP contribution in [0.1, 0.15) is 5.56 Å². The molecule has 1 fully saturated rings. The fourth-order valence-corrected chi connectivity index (χ4v) is 3.40. The summed E-state index contributed by atoms with van der Waals surface area (Å²) in [7, 11) is 0. The summed E-state index contributed by atoms with van der Waals surface area (Å²) >= 11 is 3.26. The van der Waals surface area contributed by atoms with Gasteiger partial charge in [-0.2, -0.15) is 0 Å². The van der Waals surface area contributed by atoms with Crippen LogP contribution in [0.4, 0.5) is 24.5 Å². The molecule has 2 aromatic rings. The summed E-state index contributed by atoms with van der Waals surface area (Å²) in [5.41, 5.74) is 1.62. The molecule has 1 atom stereocenters. The van der Waals surface area contributed by atoms with Crippen molar-refractivity contribution in [2.45, 2.75) is 18.9 Å². The first-order valence-electron chi connectivity index (χ1n) is 7.86. The Morgan fingerprint density at radius 3 is 2.56 bits per heavy atom. The molecule has 0 amide bonds. The zero-order chi connectivity index (χ0) is 19.6. The van der Waals surface area contributed by atoms with Crippen molar-refractivity contribution in [2.24, 2.45) is 0 Å². The monoisotopic (exact) mass is 446 g/mol. The molecule has 2 aromatic carbocycles. The van der Waals surface area contributed by atoms with Gasteiger partial charge in [-0.3, -0.25) is 10.1 Å². The zero-order valence-corrected chi connectivity index (χ0v) is 15.4. The van der Waals surface area contributed by atoms with Crippen molar-refractivity contribution in [3.63, 3.8) is 0 Å². The van der Waals surface area contributed by atoms with Gasteiger partial charge in [0.25, 0.3) is 5.69 Å². The van der Waals surface area contributed by atoms with E-state index in [1.807, 2.05) is 4.90 Å². The van der Waals surface area contributed by atoms with E-state index in [9.17, 15) is 23.3 Å². The summed E-state index contributed by atoms with van der Waals surface area (Å²) < 4.78 is 47.0. The number of nitro benzene ring substituents is 1. The third kappa shape index (κ3) is 5.10. The summed E-state index contributed by atoms with van der Waals surface area (Å²) in [6.45, 7) is 0.824. The highest BCUT2D eigenvalue weighted by Crippen LogP contribution is 2.34. The van der Waals surface area contributed by atoms with Gasteiger partial charge < -0.3 is 14.4 Å². The average molecular weight is 447 g/mol. The number of alkyl halides is 3. The van der Waals surface area contributed by atoms with Gasteiger partial charge in [-0.05, 0) is 39.7 Å². The second-order valence-corrected chi connectivity index (χ2v) is 6.78. The molecule has 144 valence electrons. The van der Waals surface area contributed by atoms with Gasteiger partial charge in [0.15, 0.2) is 0 Å². The normalized spacial score (nSPS) is 17.2. The number of anilines is 1. The predicted octanol–water partition coefficient (Wildman–Crippen LogP) is 4.66. The summed E-state index contributed by atoms with van der Waals surface area (Å²) in [6, 6.07) is 10.3. The maximum Gasteiger partial charge on any atom is 0.573 e. The van der Waals surface area contributed by atoms with Gasteiger partial charge in [0.1, 0.15) is 12.5 Å². The van der Waals surface area contributed by atoms with Crippen LogP contribution in [0.25, 0.3) is 0 Å². The van der Waals surface area contributed by atoms with Crippen LogP contribution < -0.4 is 9.64 Å². The third-order valence-corrected chi connectivity index (χ3v) is 4.63. The summed E-state index contributed by atoms with van der Waals surface area (Å²) in [4.78, 5) is 12.1. The van der Waals surface area contributed by atoms with Crippen molar-refractivity contribution in [3.8, 4) is 5.75 Å². The number of non-ortho nitro benzene ring substituents is 1. The minimum absolute atomic E-state index is 0.0258. The Bertz CT molecular complexity index is 830. The lowest BCUT2D eigenvalue weighted by Gasteiger charge is -2.19. The maximum atomic E-state index is 12.3. The smallest absolute Gasteiger partial charge is 0.406 e. The molecular weight excluding hydrogens is 433 g/mol. The Morgan fingerprint density at radius 2 is 1.96 bits per heavy atom. The number of halogens is 4. The number of rotatable bonds is 5. The quantitative estimate of drug-likeness (QED) is 0.493. The van der Waals surface area contributed by atoms with Gasteiger partial charge in [0.2, 0.25) is 0 Å². The molecule has 1 aliphatic rings. The van der Waals surface area contributed by atoms with Crippen molar-refractivity contribution in [3.05, 3.63) is 62.6 Å². The molecule has 1 unspecified atom stereocenters. The minimum Gasteiger partial charge on any atom is -0.406 e. The van der Waals surface area contributed by atoms with Gasteiger partial charge >= 0.3 is 6.36 Å². The van der Waals surface area contributed by atoms with Gasteiger partial charge in [0, 0.05) is 29.6 Å². The molecule has 0 bridgehead atoms. The third-order valence-electron chi connectivity index (χ3n) is 3.99. The first-order valence-corrected chi connectivity index (χ1v) is 8.66. The van der Waals surface area contributed by atoms with Gasteiger partial charge in [-0.15, -0.1) is 13.2 Å². The van der Waals surface area contributed by atoms with E-state index in [-0.39, 0.29) is 24.3 Å². The Labute approximate surface area is 160 Å². The number of nitrogens with zero attached hydrogens (tertiary/aromatic N) is 2. The lowest BCUT2D eigenvalue weighted by molar-refractivity contribution is -0.384. The van der Waals surface area contributed by atoms with Crippen LogP contribution in [0.3, 0.4) is 0 Å². The second kappa shape index (κ2) is 7.73. The molecular formula is C17H14BrF3N2O4. The standard InChI is InChI=1S/C17H14BrF3N2O4/c18-15-8-13(27-17(19,20)21)5-6-16(15)22-9-14(26-10-22)7-11-1-3-12(4-2-11)23(24)25/h1-6,8,14H,7,9-10H2. The van der Waals surface area contributed by atoms with Crippen LogP contribution in [0.15, 0.2) is 46.9 Å². The fourth-order valence-electron chi connectivity index (χ4n) is 2.80. The molecule has 1 heterocycles. The van der Waals surface area contributed by atoms with Gasteiger partial charge in [-0.1, -0.05) is 12.1 Å². The van der Waals surface area contributed by atoms with Crippen LogP contribution in [-0.2, 0) is 11.2 Å². The summed E-state index contributed by atoms with van der Waals surface area (Å²) in [5.74, 6) is -0.305. The SMILES string of the molecule is O=[N+]([O-])c1ccc(CC2CN(c3ccc(OC(F)(F)F)cc3Br)CO2)cc1. The number of hydrogen-bond donors (Lipinski definition) is 0. The van der Waals surface area contributed by atoms with E-state index in [2.05, 4.69) is 20.7 Å². The van der Waals surface area contributed by atoms with Crippen LogP contribution in [0.5, 0.6) is 5.75 Å². The van der Waals surface area contributed by atoms with Crippen LogP contribution in [0.2, 0.25) is 0 Å². The molecule has 27 heavy (non-hydrogen) atoms. The summed E-state index contributed by atoms with van der Waals surface area (Å²) in [6.07, 6.45) is -4.31. The molecule has 0 spiro atoms. The lowest BCUT2D eigenvalue weighted by Crippen LogP contribution is -2.23. The Kier molecular flexibility index (Phi) is 5.56. The Morgan fingerprint density at radius 1 is 1.26 bits per heavy atom. The van der Waals surface area contributed by atoms with Crippen molar-refractivity contribution in [1.29, 1.82) is 0 Å². The largest absolute Gasteiger partial charge is 0.573 e. The van der Waals surface area contributed by atoms with Crippen LogP contribution >= 0.6 is 15.9 Å². The van der Waals surface area contributed by atoms with Crippen molar-refractivity contribution in [1.82, 2.24) is 0 Å². The zero-order valence-electron chi connectivity index (χ0n) is 13.8. The first kappa shape index (κ1) is 19.4. The van der Waals surface area contributed by atoms with E-state index >= 15 is 0 Å². The van der Waals surface area contributed by atoms with Crippen LogP contribution in [-0.4, -0.2) is 30.7 Å².